The van der Waals surface area contributed by atoms with Gasteiger partial charge < -0.3 is 20.6 Å². The number of carboxylic acids is 1. The van der Waals surface area contributed by atoms with Gasteiger partial charge in [-0.25, -0.2) is 4.79 Å². The number of hydrogen-bond acceptors (Lipinski definition) is 5. The molecule has 0 aliphatic carbocycles. The van der Waals surface area contributed by atoms with Gasteiger partial charge in [0.25, 0.3) is 0 Å². The summed E-state index contributed by atoms with van der Waals surface area (Å²) in [4.78, 5) is 22.1. The number of ether oxygens (including phenoxy) is 1. The molecule has 0 aromatic heterocycles. The quantitative estimate of drug-likeness (QED) is 0.463. The molecule has 0 spiro atoms. The summed E-state index contributed by atoms with van der Waals surface area (Å²) in [6, 6.07) is 6.73. The van der Waals surface area contributed by atoms with Crippen LogP contribution in [0.2, 0.25) is 0 Å². The molecule has 0 aliphatic heterocycles. The molecule has 0 fully saturated rings. The number of aliphatic carboxylic acids is 1. The predicted molar refractivity (Wildman–Crippen MR) is 91.5 cm³/mol. The summed E-state index contributed by atoms with van der Waals surface area (Å²) in [5.41, 5.74) is 8.50. The van der Waals surface area contributed by atoms with Crippen LogP contribution in [0.1, 0.15) is 27.7 Å². The van der Waals surface area contributed by atoms with E-state index in [1.54, 1.807) is 12.1 Å². The maximum absolute atomic E-state index is 11.5. The Morgan fingerprint density at radius 2 is 1.83 bits per heavy atom. The number of hydrogen-bond donors (Lipinski definition) is 5. The highest BCUT2D eigenvalue weighted by molar-refractivity contribution is 5.75. The Bertz CT molecular complexity index is 540. The lowest BCUT2D eigenvalue weighted by Crippen LogP contribution is -2.48. The van der Waals surface area contributed by atoms with Gasteiger partial charge in [0.2, 0.25) is 0 Å². The number of benzene rings is 1. The molecule has 1 atom stereocenters. The first-order chi connectivity index (χ1) is 11.2. The van der Waals surface area contributed by atoms with E-state index in [2.05, 4.69) is 42.5 Å². The van der Waals surface area contributed by atoms with Crippen molar-refractivity contribution in [3.8, 4) is 5.75 Å². The van der Waals surface area contributed by atoms with Gasteiger partial charge >= 0.3 is 12.0 Å². The van der Waals surface area contributed by atoms with E-state index >= 15 is 0 Å². The molecule has 1 aromatic rings. The summed E-state index contributed by atoms with van der Waals surface area (Å²) < 4.78 is 5.67. The number of carbonyl (C=O) groups excluding carboxylic acids is 1. The van der Waals surface area contributed by atoms with Crippen LogP contribution in [0.4, 0.5) is 10.5 Å². The van der Waals surface area contributed by atoms with Crippen LogP contribution in [0.25, 0.3) is 0 Å². The molecule has 8 nitrogen and oxygen atoms in total. The molecule has 0 unspecified atom stereocenters. The predicted octanol–water partition coefficient (Wildman–Crippen LogP) is 1.96. The van der Waals surface area contributed by atoms with Gasteiger partial charge in [-0.15, -0.1) is 5.53 Å². The van der Waals surface area contributed by atoms with Crippen molar-refractivity contribution in [3.63, 3.8) is 0 Å². The second kappa shape index (κ2) is 8.97. The Balaban J connectivity index is 2.28. The number of rotatable bonds is 8. The average molecular weight is 338 g/mol. The van der Waals surface area contributed by atoms with Crippen molar-refractivity contribution in [1.82, 2.24) is 16.3 Å². The monoisotopic (exact) mass is 338 g/mol. The lowest BCUT2D eigenvalue weighted by molar-refractivity contribution is -0.140. The Labute approximate surface area is 141 Å². The molecule has 134 valence electrons. The first kappa shape index (κ1) is 19.6. The zero-order valence-electron chi connectivity index (χ0n) is 14.5. The van der Waals surface area contributed by atoms with Crippen LogP contribution >= 0.6 is 0 Å². The van der Waals surface area contributed by atoms with Crippen molar-refractivity contribution in [3.05, 3.63) is 24.3 Å². The van der Waals surface area contributed by atoms with Gasteiger partial charge in [-0.3, -0.25) is 10.2 Å². The van der Waals surface area contributed by atoms with Crippen LogP contribution in [0.15, 0.2) is 24.3 Å². The summed E-state index contributed by atoms with van der Waals surface area (Å²) in [6.07, 6.45) is 0. The van der Waals surface area contributed by atoms with E-state index in [9.17, 15) is 9.59 Å². The summed E-state index contributed by atoms with van der Waals surface area (Å²) in [6.45, 7) is 8.47. The van der Waals surface area contributed by atoms with E-state index in [1.807, 2.05) is 12.1 Å². The number of nitrogens with one attached hydrogen (secondary N) is 4. The van der Waals surface area contributed by atoms with Gasteiger partial charge in [0.1, 0.15) is 5.75 Å². The molecule has 5 N–H and O–H groups in total. The number of carbonyl (C=O) groups is 2. The van der Waals surface area contributed by atoms with Gasteiger partial charge in [0.15, 0.2) is 0 Å². The molecule has 8 heteroatoms. The smallest absolute Gasteiger partial charge is 0.330 e. The first-order valence-corrected chi connectivity index (χ1v) is 7.68. The summed E-state index contributed by atoms with van der Waals surface area (Å²) >= 11 is 0. The SMILES string of the molecule is C[C@@H](CNC(=O)NNNc1ccc(OCC(C)(C)C)cc1)C(=O)O. The normalized spacial score (nSPS) is 12.2. The summed E-state index contributed by atoms with van der Waals surface area (Å²) in [7, 11) is 0. The number of hydrazine groups is 2. The second-order valence-electron chi connectivity index (χ2n) is 6.70. The first-order valence-electron chi connectivity index (χ1n) is 7.68. The minimum Gasteiger partial charge on any atom is -0.493 e. The minimum atomic E-state index is -0.963. The molecular formula is C16H26N4O4. The van der Waals surface area contributed by atoms with Gasteiger partial charge in [-0.2, -0.15) is 0 Å². The molecule has 1 aromatic carbocycles. The molecule has 0 aliphatic rings. The van der Waals surface area contributed by atoms with Crippen molar-refractivity contribution in [1.29, 1.82) is 0 Å². The molecule has 0 saturated carbocycles. The molecule has 1 rings (SSSR count). The van der Waals surface area contributed by atoms with Crippen molar-refractivity contribution < 1.29 is 19.4 Å². The lowest BCUT2D eigenvalue weighted by Gasteiger charge is -2.19. The van der Waals surface area contributed by atoms with Crippen LogP contribution in [0.3, 0.4) is 0 Å². The third-order valence-corrected chi connectivity index (χ3v) is 2.90. The largest absolute Gasteiger partial charge is 0.493 e. The molecule has 0 heterocycles. The Hall–Kier alpha value is -2.48. The van der Waals surface area contributed by atoms with E-state index < -0.39 is 17.9 Å². The average Bonchev–Trinajstić information content (AvgIpc) is 2.51. The standard InChI is InChI=1S/C16H26N4O4/c1-11(14(21)22)9-17-15(23)19-20-18-12-5-7-13(8-6-12)24-10-16(2,3)4/h5-8,11,18,20H,9-10H2,1-4H3,(H,21,22)(H2,17,19,23)/t11-/m0/s1. The molecule has 2 amide bonds. The zero-order valence-corrected chi connectivity index (χ0v) is 14.5. The van der Waals surface area contributed by atoms with Crippen LogP contribution < -0.4 is 26.4 Å². The summed E-state index contributed by atoms with van der Waals surface area (Å²) in [5.74, 6) is -0.844. The summed E-state index contributed by atoms with van der Waals surface area (Å²) in [5, 5.41) is 11.2. The van der Waals surface area contributed by atoms with E-state index in [1.165, 1.54) is 6.92 Å². The molecular weight excluding hydrogens is 312 g/mol. The van der Waals surface area contributed by atoms with E-state index in [0.29, 0.717) is 6.61 Å². The van der Waals surface area contributed by atoms with E-state index in [-0.39, 0.29) is 12.0 Å². The number of anilines is 1. The van der Waals surface area contributed by atoms with Crippen molar-refractivity contribution in [2.45, 2.75) is 27.7 Å². The maximum Gasteiger partial charge on any atom is 0.330 e. The van der Waals surface area contributed by atoms with Crippen LogP contribution in [0.5, 0.6) is 5.75 Å². The molecule has 0 bridgehead atoms. The number of amides is 2. The van der Waals surface area contributed by atoms with Crippen molar-refractivity contribution in [2.24, 2.45) is 11.3 Å². The van der Waals surface area contributed by atoms with Gasteiger partial charge in [-0.1, -0.05) is 27.7 Å². The fraction of sp³-hybridized carbons (Fsp3) is 0.500. The molecule has 24 heavy (non-hydrogen) atoms. The van der Waals surface area contributed by atoms with Gasteiger partial charge in [-0.05, 0) is 29.7 Å². The third kappa shape index (κ3) is 8.23. The fourth-order valence-corrected chi connectivity index (χ4v) is 1.47. The van der Waals surface area contributed by atoms with Crippen LogP contribution in [-0.4, -0.2) is 30.3 Å². The molecule has 0 radical (unpaired) electrons. The second-order valence-corrected chi connectivity index (χ2v) is 6.70. The van der Waals surface area contributed by atoms with Gasteiger partial charge in [0.05, 0.1) is 18.2 Å². The fourth-order valence-electron chi connectivity index (χ4n) is 1.47. The Kier molecular flexibility index (Phi) is 7.31. The maximum atomic E-state index is 11.5. The zero-order chi connectivity index (χ0) is 18.2. The third-order valence-electron chi connectivity index (χ3n) is 2.90. The van der Waals surface area contributed by atoms with Gasteiger partial charge in [0, 0.05) is 6.54 Å². The van der Waals surface area contributed by atoms with Crippen LogP contribution in [0, 0.1) is 11.3 Å². The number of carboxylic acid groups (broad SMARTS) is 1. The van der Waals surface area contributed by atoms with Crippen molar-refractivity contribution in [2.75, 3.05) is 18.6 Å². The van der Waals surface area contributed by atoms with E-state index in [4.69, 9.17) is 9.84 Å². The highest BCUT2D eigenvalue weighted by Gasteiger charge is 2.12. The van der Waals surface area contributed by atoms with Crippen molar-refractivity contribution >= 4 is 17.7 Å². The number of urea groups is 1. The highest BCUT2D eigenvalue weighted by atomic mass is 16.5. The molecule has 0 saturated heterocycles. The Morgan fingerprint density at radius 3 is 2.38 bits per heavy atom. The minimum absolute atomic E-state index is 0.0443. The highest BCUT2D eigenvalue weighted by Crippen LogP contribution is 2.19. The lowest BCUT2D eigenvalue weighted by atomic mass is 9.99. The van der Waals surface area contributed by atoms with Crippen LogP contribution in [-0.2, 0) is 4.79 Å². The van der Waals surface area contributed by atoms with E-state index in [0.717, 1.165) is 11.4 Å². The Morgan fingerprint density at radius 1 is 1.21 bits per heavy atom. The topological polar surface area (TPSA) is 112 Å².